The molecule has 0 bridgehead atoms. The van der Waals surface area contributed by atoms with Gasteiger partial charge in [0.05, 0.1) is 16.1 Å². The third kappa shape index (κ3) is 3.19. The molecule has 2 aromatic rings. The van der Waals surface area contributed by atoms with Crippen LogP contribution in [0.2, 0.25) is 0 Å². The van der Waals surface area contributed by atoms with Gasteiger partial charge in [-0.15, -0.1) is 11.3 Å². The van der Waals surface area contributed by atoms with Gasteiger partial charge in [0.15, 0.2) is 0 Å². The van der Waals surface area contributed by atoms with Gasteiger partial charge in [0.2, 0.25) is 5.91 Å². The molecule has 1 N–H and O–H groups in total. The van der Waals surface area contributed by atoms with Gasteiger partial charge in [0.25, 0.3) is 5.91 Å². The Kier molecular flexibility index (Phi) is 4.54. The monoisotopic (exact) mass is 359 g/mol. The molecule has 1 unspecified atom stereocenters. The number of carbonyl (C=O) groups is 2. The highest BCUT2D eigenvalue weighted by Crippen LogP contribution is 2.27. The molecule has 134 valence electrons. The summed E-state index contributed by atoms with van der Waals surface area (Å²) in [5.74, 6) is 0.112. The van der Waals surface area contributed by atoms with Gasteiger partial charge in [-0.2, -0.15) is 0 Å². The number of nitrogens with zero attached hydrogens (tertiary/aromatic N) is 2. The molecule has 2 fully saturated rings. The second-order valence-electron chi connectivity index (χ2n) is 7.34. The van der Waals surface area contributed by atoms with Crippen LogP contribution >= 0.6 is 11.3 Å². The molecule has 0 radical (unpaired) electrons. The third-order valence-corrected chi connectivity index (χ3v) is 6.52. The molecule has 1 saturated carbocycles. The second-order valence-corrected chi connectivity index (χ2v) is 8.29. The van der Waals surface area contributed by atoms with Crippen LogP contribution in [0.25, 0.3) is 10.2 Å². The van der Waals surface area contributed by atoms with E-state index in [4.69, 9.17) is 0 Å². The lowest BCUT2D eigenvalue weighted by atomic mass is 9.96. The quantitative estimate of drug-likeness (QED) is 0.915. The Hall–Kier alpha value is -1.82. The molecule has 0 aromatic carbocycles. The highest BCUT2D eigenvalue weighted by molar-refractivity contribution is 7.17. The first-order chi connectivity index (χ1) is 12.1. The Labute approximate surface area is 152 Å². The van der Waals surface area contributed by atoms with Crippen molar-refractivity contribution >= 4 is 33.4 Å². The van der Waals surface area contributed by atoms with Gasteiger partial charge in [-0.3, -0.25) is 9.59 Å². The normalized spacial score (nSPS) is 21.8. The number of hydrogen-bond acceptors (Lipinski definition) is 3. The molecule has 3 heterocycles. The molecule has 4 rings (SSSR count). The minimum absolute atomic E-state index is 0.0456. The summed E-state index contributed by atoms with van der Waals surface area (Å²) >= 11 is 1.65. The number of likely N-dealkylation sites (tertiary alicyclic amines) is 1. The lowest BCUT2D eigenvalue weighted by Gasteiger charge is -2.32. The fourth-order valence-electron chi connectivity index (χ4n) is 4.18. The highest BCUT2D eigenvalue weighted by Gasteiger charge is 2.31. The van der Waals surface area contributed by atoms with Gasteiger partial charge in [0, 0.05) is 26.2 Å². The summed E-state index contributed by atoms with van der Waals surface area (Å²) < 4.78 is 3.11. The van der Waals surface area contributed by atoms with Crippen LogP contribution in [0.15, 0.2) is 17.5 Å². The summed E-state index contributed by atoms with van der Waals surface area (Å²) in [6.07, 6.45) is 6.40. The molecular weight excluding hydrogens is 334 g/mol. The average molecular weight is 359 g/mol. The van der Waals surface area contributed by atoms with Crippen molar-refractivity contribution in [2.24, 2.45) is 13.0 Å². The number of piperidine rings is 1. The minimum atomic E-state index is -0.0697. The summed E-state index contributed by atoms with van der Waals surface area (Å²) in [4.78, 5) is 27.4. The van der Waals surface area contributed by atoms with Crippen LogP contribution in [0.5, 0.6) is 0 Å². The molecule has 5 nitrogen and oxygen atoms in total. The SMILES string of the molecule is Cn1c(C(=O)N2CCCC(C(=O)NC3CCCC3)C2)cc2sccc21. The Bertz CT molecular complexity index is 788. The maximum Gasteiger partial charge on any atom is 0.270 e. The Balaban J connectivity index is 1.44. The molecule has 1 atom stereocenters. The van der Waals surface area contributed by atoms with E-state index < -0.39 is 0 Å². The maximum absolute atomic E-state index is 13.0. The fourth-order valence-corrected chi connectivity index (χ4v) is 5.03. The van der Waals surface area contributed by atoms with Crippen molar-refractivity contribution in [3.8, 4) is 0 Å². The number of aromatic nitrogens is 1. The molecule has 6 heteroatoms. The molecule has 2 amide bonds. The van der Waals surface area contributed by atoms with E-state index in [2.05, 4.69) is 5.32 Å². The molecule has 1 aliphatic carbocycles. The maximum atomic E-state index is 13.0. The predicted molar refractivity (Wildman–Crippen MR) is 99.8 cm³/mol. The lowest BCUT2D eigenvalue weighted by Crippen LogP contribution is -2.47. The first-order valence-corrected chi connectivity index (χ1v) is 10.1. The molecular formula is C19H25N3O2S. The lowest BCUT2D eigenvalue weighted by molar-refractivity contribution is -0.127. The van der Waals surface area contributed by atoms with Crippen LogP contribution in [0, 0.1) is 5.92 Å². The van der Waals surface area contributed by atoms with Gasteiger partial charge in [-0.25, -0.2) is 0 Å². The van der Waals surface area contributed by atoms with Gasteiger partial charge < -0.3 is 14.8 Å². The van der Waals surface area contributed by atoms with E-state index in [-0.39, 0.29) is 17.7 Å². The largest absolute Gasteiger partial charge is 0.353 e. The number of fused-ring (bicyclic) bond motifs is 1. The van der Waals surface area contributed by atoms with Crippen molar-refractivity contribution in [3.63, 3.8) is 0 Å². The summed E-state index contributed by atoms with van der Waals surface area (Å²) in [6.45, 7) is 1.28. The molecule has 2 aliphatic rings. The van der Waals surface area contributed by atoms with Crippen LogP contribution in [-0.2, 0) is 11.8 Å². The van der Waals surface area contributed by atoms with Crippen LogP contribution < -0.4 is 5.32 Å². The van der Waals surface area contributed by atoms with Gasteiger partial charge in [0.1, 0.15) is 5.69 Å². The summed E-state index contributed by atoms with van der Waals surface area (Å²) in [6, 6.07) is 4.37. The molecule has 2 aromatic heterocycles. The molecule has 1 saturated heterocycles. The fraction of sp³-hybridized carbons (Fsp3) is 0.579. The van der Waals surface area contributed by atoms with Crippen molar-refractivity contribution < 1.29 is 9.59 Å². The zero-order chi connectivity index (χ0) is 17.4. The zero-order valence-electron chi connectivity index (χ0n) is 14.7. The number of hydrogen-bond donors (Lipinski definition) is 1. The summed E-state index contributed by atoms with van der Waals surface area (Å²) in [7, 11) is 1.94. The van der Waals surface area contributed by atoms with Crippen LogP contribution in [0.1, 0.15) is 49.0 Å². The second kappa shape index (κ2) is 6.83. The molecule has 25 heavy (non-hydrogen) atoms. The molecule has 0 spiro atoms. The van der Waals surface area contributed by atoms with E-state index in [1.165, 1.54) is 12.8 Å². The first-order valence-electron chi connectivity index (χ1n) is 9.26. The average Bonchev–Trinajstić information content (AvgIpc) is 3.34. The number of carbonyl (C=O) groups excluding carboxylic acids is 2. The van der Waals surface area contributed by atoms with Crippen molar-refractivity contribution in [3.05, 3.63) is 23.2 Å². The number of aryl methyl sites for hydroxylation is 1. The topological polar surface area (TPSA) is 54.3 Å². The predicted octanol–water partition coefficient (Wildman–Crippen LogP) is 3.15. The van der Waals surface area contributed by atoms with E-state index in [1.807, 2.05) is 34.0 Å². The van der Waals surface area contributed by atoms with Gasteiger partial charge in [-0.05, 0) is 43.2 Å². The van der Waals surface area contributed by atoms with Crippen LogP contribution in [0.4, 0.5) is 0 Å². The number of rotatable bonds is 3. The summed E-state index contributed by atoms with van der Waals surface area (Å²) in [5.41, 5.74) is 1.82. The van der Waals surface area contributed by atoms with Gasteiger partial charge in [-0.1, -0.05) is 12.8 Å². The van der Waals surface area contributed by atoms with E-state index in [0.29, 0.717) is 12.6 Å². The van der Waals surface area contributed by atoms with Crippen molar-refractivity contribution in [2.75, 3.05) is 13.1 Å². The van der Waals surface area contributed by atoms with E-state index in [0.717, 1.165) is 48.1 Å². The molecule has 1 aliphatic heterocycles. The van der Waals surface area contributed by atoms with Crippen LogP contribution in [-0.4, -0.2) is 40.4 Å². The van der Waals surface area contributed by atoms with Crippen molar-refractivity contribution in [1.29, 1.82) is 0 Å². The van der Waals surface area contributed by atoms with Gasteiger partial charge >= 0.3 is 0 Å². The highest BCUT2D eigenvalue weighted by atomic mass is 32.1. The first kappa shape index (κ1) is 16.6. The zero-order valence-corrected chi connectivity index (χ0v) is 15.5. The van der Waals surface area contributed by atoms with Crippen molar-refractivity contribution in [1.82, 2.24) is 14.8 Å². The van der Waals surface area contributed by atoms with Crippen molar-refractivity contribution in [2.45, 2.75) is 44.6 Å². The number of thiophene rings is 1. The van der Waals surface area contributed by atoms with E-state index >= 15 is 0 Å². The standard InChI is InChI=1S/C19H25N3O2S/c1-21-15-8-10-25-17(15)11-16(21)19(24)22-9-4-5-13(12-22)18(23)20-14-6-2-3-7-14/h8,10-11,13-14H,2-7,9,12H2,1H3,(H,20,23). The third-order valence-electron chi connectivity index (χ3n) is 5.66. The minimum Gasteiger partial charge on any atom is -0.353 e. The number of amides is 2. The van der Waals surface area contributed by atoms with E-state index in [9.17, 15) is 9.59 Å². The Morgan fingerprint density at radius 1 is 1.20 bits per heavy atom. The summed E-state index contributed by atoms with van der Waals surface area (Å²) in [5, 5.41) is 5.24. The number of nitrogens with one attached hydrogen (secondary N) is 1. The van der Waals surface area contributed by atoms with E-state index in [1.54, 1.807) is 11.3 Å². The Morgan fingerprint density at radius 3 is 2.76 bits per heavy atom. The smallest absolute Gasteiger partial charge is 0.270 e. The Morgan fingerprint density at radius 2 is 2.00 bits per heavy atom. The van der Waals surface area contributed by atoms with Crippen LogP contribution in [0.3, 0.4) is 0 Å².